The van der Waals surface area contributed by atoms with Gasteiger partial charge in [0.2, 0.25) is 0 Å². The molecule has 1 nitrogen and oxygen atoms in total. The van der Waals surface area contributed by atoms with Gasteiger partial charge in [0.1, 0.15) is 0 Å². The molecule has 0 bridgehead atoms. The lowest BCUT2D eigenvalue weighted by Crippen LogP contribution is -2.11. The van der Waals surface area contributed by atoms with Crippen molar-refractivity contribution in [2.24, 2.45) is 0 Å². The van der Waals surface area contributed by atoms with Gasteiger partial charge in [0.15, 0.2) is 0 Å². The third-order valence-electron chi connectivity index (χ3n) is 7.85. The summed E-state index contributed by atoms with van der Waals surface area (Å²) in [5.41, 5.74) is 8.85. The van der Waals surface area contributed by atoms with Gasteiger partial charge < -0.3 is 4.90 Å². The second-order valence-corrected chi connectivity index (χ2v) is 11.7. The lowest BCUT2D eigenvalue weighted by Gasteiger charge is -2.28. The maximum absolute atomic E-state index is 2.41. The molecule has 6 rings (SSSR count). The zero-order chi connectivity index (χ0) is 26.6. The highest BCUT2D eigenvalue weighted by Gasteiger charge is 2.20. The van der Waals surface area contributed by atoms with Crippen molar-refractivity contribution < 1.29 is 0 Å². The molecule has 0 saturated heterocycles. The summed E-state index contributed by atoms with van der Waals surface area (Å²) >= 11 is 0. The molecule has 0 amide bonds. The molecule has 0 fully saturated rings. The average molecular weight is 494 g/mol. The van der Waals surface area contributed by atoms with E-state index in [1.165, 1.54) is 60.3 Å². The first kappa shape index (κ1) is 24.2. The van der Waals surface area contributed by atoms with Crippen LogP contribution in [0.15, 0.2) is 103 Å². The summed E-state index contributed by atoms with van der Waals surface area (Å²) in [6, 6.07) is 38.4. The van der Waals surface area contributed by atoms with Crippen LogP contribution in [0.2, 0.25) is 0 Å². The van der Waals surface area contributed by atoms with E-state index >= 15 is 0 Å². The van der Waals surface area contributed by atoms with Crippen LogP contribution in [0.5, 0.6) is 0 Å². The second-order valence-electron chi connectivity index (χ2n) is 11.7. The van der Waals surface area contributed by atoms with E-state index in [1.807, 2.05) is 0 Å². The lowest BCUT2D eigenvalue weighted by molar-refractivity contribution is 0.591. The van der Waals surface area contributed by atoms with Crippen LogP contribution in [-0.4, -0.2) is 0 Å². The highest BCUT2D eigenvalue weighted by atomic mass is 15.1. The van der Waals surface area contributed by atoms with Crippen LogP contribution in [0.25, 0.3) is 32.3 Å². The van der Waals surface area contributed by atoms with E-state index in [9.17, 15) is 0 Å². The van der Waals surface area contributed by atoms with Crippen LogP contribution in [0.3, 0.4) is 0 Å². The fourth-order valence-corrected chi connectivity index (χ4v) is 5.62. The van der Waals surface area contributed by atoms with E-state index in [2.05, 4.69) is 150 Å². The van der Waals surface area contributed by atoms with Crippen LogP contribution in [0.1, 0.15) is 43.0 Å². The molecule has 0 heterocycles. The Labute approximate surface area is 226 Å². The van der Waals surface area contributed by atoms with Gasteiger partial charge in [0.05, 0.1) is 5.69 Å². The van der Waals surface area contributed by atoms with Crippen LogP contribution in [0, 0.1) is 20.8 Å². The number of aryl methyl sites for hydroxylation is 3. The van der Waals surface area contributed by atoms with Crippen LogP contribution >= 0.6 is 0 Å². The van der Waals surface area contributed by atoms with Gasteiger partial charge in [-0.05, 0) is 94.6 Å². The number of rotatable bonds is 3. The van der Waals surface area contributed by atoms with Crippen molar-refractivity contribution in [3.05, 3.63) is 125 Å². The van der Waals surface area contributed by atoms with E-state index < -0.39 is 0 Å². The molecule has 6 aromatic rings. The minimum atomic E-state index is 0.109. The molecule has 0 radical (unpaired) electrons. The van der Waals surface area contributed by atoms with Crippen LogP contribution < -0.4 is 4.90 Å². The smallest absolute Gasteiger partial charge is 0.0546 e. The van der Waals surface area contributed by atoms with Gasteiger partial charge in [-0.15, -0.1) is 0 Å². The fourth-order valence-electron chi connectivity index (χ4n) is 5.62. The zero-order valence-corrected chi connectivity index (χ0v) is 23.3. The summed E-state index contributed by atoms with van der Waals surface area (Å²) in [5.74, 6) is 0. The molecule has 0 aliphatic rings. The highest BCUT2D eigenvalue weighted by Crippen LogP contribution is 2.44. The first-order valence-corrected chi connectivity index (χ1v) is 13.5. The standard InChI is InChI=1S/C37H35N/c1-24-11-16-28(17-12-24)38(29-18-13-25(2)14-19-29)36-23-35-31-20-15-27(37(4,5)6)22-33(31)26(3)21-34(35)30-9-7-8-10-32(30)36/h7-23H,1-6H3. The molecule has 1 heteroatoms. The Bertz CT molecular complexity index is 1750. The highest BCUT2D eigenvalue weighted by molar-refractivity contribution is 6.22. The van der Waals surface area contributed by atoms with Gasteiger partial charge in [0, 0.05) is 16.8 Å². The normalized spacial score (nSPS) is 11.9. The summed E-state index contributed by atoms with van der Waals surface area (Å²) in [5, 5.41) is 7.80. The van der Waals surface area contributed by atoms with Crippen molar-refractivity contribution in [1.82, 2.24) is 0 Å². The monoisotopic (exact) mass is 493 g/mol. The Morgan fingerprint density at radius 3 is 1.58 bits per heavy atom. The van der Waals surface area contributed by atoms with Gasteiger partial charge in [-0.3, -0.25) is 0 Å². The second kappa shape index (κ2) is 9.03. The van der Waals surface area contributed by atoms with Crippen LogP contribution in [-0.2, 0) is 5.41 Å². The van der Waals surface area contributed by atoms with Crippen molar-refractivity contribution in [2.75, 3.05) is 4.90 Å². The molecule has 0 saturated carbocycles. The Kier molecular flexibility index (Phi) is 5.76. The third kappa shape index (κ3) is 4.13. The van der Waals surface area contributed by atoms with Crippen LogP contribution in [0.4, 0.5) is 17.1 Å². The summed E-state index contributed by atoms with van der Waals surface area (Å²) in [7, 11) is 0. The van der Waals surface area contributed by atoms with Gasteiger partial charge >= 0.3 is 0 Å². The van der Waals surface area contributed by atoms with Gasteiger partial charge in [0.25, 0.3) is 0 Å². The number of hydrogen-bond acceptors (Lipinski definition) is 1. The van der Waals surface area contributed by atoms with E-state index in [1.54, 1.807) is 0 Å². The van der Waals surface area contributed by atoms with Crippen molar-refractivity contribution in [3.63, 3.8) is 0 Å². The molecule has 0 aliphatic heterocycles. The van der Waals surface area contributed by atoms with Crippen molar-refractivity contribution >= 4 is 49.4 Å². The Morgan fingerprint density at radius 1 is 0.474 bits per heavy atom. The van der Waals surface area contributed by atoms with E-state index in [0.717, 1.165) is 11.4 Å². The number of benzene rings is 6. The Hall–Kier alpha value is -4.10. The molecule has 38 heavy (non-hydrogen) atoms. The number of anilines is 3. The predicted octanol–water partition coefficient (Wildman–Crippen LogP) is 10.8. The predicted molar refractivity (Wildman–Crippen MR) is 167 cm³/mol. The topological polar surface area (TPSA) is 3.24 Å². The molecule has 6 aromatic carbocycles. The average Bonchev–Trinajstić information content (AvgIpc) is 2.91. The van der Waals surface area contributed by atoms with E-state index in [4.69, 9.17) is 0 Å². The maximum Gasteiger partial charge on any atom is 0.0546 e. The number of fused-ring (bicyclic) bond motifs is 5. The van der Waals surface area contributed by atoms with Crippen molar-refractivity contribution in [1.29, 1.82) is 0 Å². The molecule has 0 aliphatic carbocycles. The molecular weight excluding hydrogens is 458 g/mol. The lowest BCUT2D eigenvalue weighted by atomic mass is 9.84. The molecule has 0 aromatic heterocycles. The molecule has 0 spiro atoms. The first-order valence-electron chi connectivity index (χ1n) is 13.5. The Morgan fingerprint density at radius 2 is 1.00 bits per heavy atom. The molecule has 0 N–H and O–H groups in total. The summed E-state index contributed by atoms with van der Waals surface area (Å²) in [6.07, 6.45) is 0. The minimum absolute atomic E-state index is 0.109. The van der Waals surface area contributed by atoms with Crippen molar-refractivity contribution in [2.45, 2.75) is 47.0 Å². The van der Waals surface area contributed by atoms with Gasteiger partial charge in [-0.1, -0.05) is 105 Å². The van der Waals surface area contributed by atoms with E-state index in [-0.39, 0.29) is 5.41 Å². The molecule has 0 unspecified atom stereocenters. The summed E-state index contributed by atoms with van der Waals surface area (Å²) in [4.78, 5) is 2.41. The largest absolute Gasteiger partial charge is 0.310 e. The van der Waals surface area contributed by atoms with Crippen molar-refractivity contribution in [3.8, 4) is 0 Å². The SMILES string of the molecule is Cc1ccc(N(c2ccc(C)cc2)c2cc3c4ccc(C(C)(C)C)cc4c(C)cc3c3ccccc23)cc1. The molecule has 188 valence electrons. The number of nitrogens with zero attached hydrogens (tertiary/aromatic N) is 1. The Balaban J connectivity index is 1.72. The molecule has 0 atom stereocenters. The fraction of sp³-hybridized carbons (Fsp3) is 0.189. The van der Waals surface area contributed by atoms with Gasteiger partial charge in [-0.25, -0.2) is 0 Å². The quantitative estimate of drug-likeness (QED) is 0.222. The maximum atomic E-state index is 2.41. The van der Waals surface area contributed by atoms with Gasteiger partial charge in [-0.2, -0.15) is 0 Å². The zero-order valence-electron chi connectivity index (χ0n) is 23.3. The first-order chi connectivity index (χ1) is 18.2. The number of hydrogen-bond donors (Lipinski definition) is 0. The summed E-state index contributed by atoms with van der Waals surface area (Å²) in [6.45, 7) is 13.4. The van der Waals surface area contributed by atoms with E-state index in [0.29, 0.717) is 0 Å². The minimum Gasteiger partial charge on any atom is -0.310 e. The molecular formula is C37H35N. The third-order valence-corrected chi connectivity index (χ3v) is 7.85. The summed E-state index contributed by atoms with van der Waals surface area (Å²) < 4.78 is 0.